The normalized spacial score (nSPS) is 20.0. The molecular weight excluding hydrogens is 452 g/mol. The van der Waals surface area contributed by atoms with Gasteiger partial charge >= 0.3 is 0 Å². The lowest BCUT2D eigenvalue weighted by atomic mass is 9.78. The Morgan fingerprint density at radius 1 is 1.21 bits per heavy atom. The lowest BCUT2D eigenvalue weighted by molar-refractivity contribution is 0.0914. The molecule has 0 saturated carbocycles. The Labute approximate surface area is 202 Å². The van der Waals surface area contributed by atoms with Crippen LogP contribution in [-0.2, 0) is 17.6 Å². The zero-order chi connectivity index (χ0) is 23.2. The first-order valence-corrected chi connectivity index (χ1v) is 13.0. The van der Waals surface area contributed by atoms with Gasteiger partial charge in [0, 0.05) is 17.8 Å². The molecule has 0 radical (unpaired) electrons. The molecule has 172 valence electrons. The molecule has 2 aliphatic rings. The molecule has 1 atom stereocenters. The van der Waals surface area contributed by atoms with E-state index < -0.39 is 0 Å². The van der Waals surface area contributed by atoms with E-state index in [1.54, 1.807) is 18.3 Å². The van der Waals surface area contributed by atoms with Crippen molar-refractivity contribution in [1.29, 1.82) is 0 Å². The highest BCUT2D eigenvalue weighted by Gasteiger charge is 2.36. The molecule has 0 amide bonds. The van der Waals surface area contributed by atoms with Crippen molar-refractivity contribution in [2.24, 2.45) is 5.41 Å². The summed E-state index contributed by atoms with van der Waals surface area (Å²) in [6.45, 7) is 7.98. The number of carbonyl (C=O) groups is 2. The zero-order valence-corrected chi connectivity index (χ0v) is 20.9. The second kappa shape index (κ2) is 8.78. The molecule has 1 aliphatic carbocycles. The number of carbonyl (C=O) groups excluding carboxylic acids is 2. The quantitative estimate of drug-likeness (QED) is 0.440. The summed E-state index contributed by atoms with van der Waals surface area (Å²) in [4.78, 5) is 34.4. The van der Waals surface area contributed by atoms with Crippen LogP contribution in [0.5, 0.6) is 0 Å². The third-order valence-electron chi connectivity index (χ3n) is 6.33. The number of thiazole rings is 1. The van der Waals surface area contributed by atoms with Crippen LogP contribution in [0.25, 0.3) is 10.4 Å². The van der Waals surface area contributed by atoms with Crippen molar-refractivity contribution in [3.05, 3.63) is 57.4 Å². The van der Waals surface area contributed by atoms with Crippen molar-refractivity contribution in [1.82, 2.24) is 4.98 Å². The average Bonchev–Trinajstić information content (AvgIpc) is 3.41. The van der Waals surface area contributed by atoms with Gasteiger partial charge in [-0.25, -0.2) is 4.98 Å². The summed E-state index contributed by atoms with van der Waals surface area (Å²) in [5, 5.41) is 0.944. The van der Waals surface area contributed by atoms with Gasteiger partial charge in [-0.2, -0.15) is 0 Å². The van der Waals surface area contributed by atoms with Crippen molar-refractivity contribution in [3.8, 4) is 10.4 Å². The Hall–Kier alpha value is -2.35. The maximum atomic E-state index is 12.7. The minimum absolute atomic E-state index is 0.0235. The number of morpholine rings is 1. The molecule has 0 bridgehead atoms. The Balaban J connectivity index is 1.38. The summed E-state index contributed by atoms with van der Waals surface area (Å²) in [7, 11) is 0. The second-order valence-electron chi connectivity index (χ2n) is 9.76. The maximum Gasteiger partial charge on any atom is 0.186 e. The number of rotatable bonds is 5. The van der Waals surface area contributed by atoms with Gasteiger partial charge in [-0.1, -0.05) is 49.4 Å². The van der Waals surface area contributed by atoms with Crippen molar-refractivity contribution >= 4 is 39.4 Å². The molecule has 33 heavy (non-hydrogen) atoms. The number of benzene rings is 1. The average molecular weight is 481 g/mol. The van der Waals surface area contributed by atoms with E-state index in [1.165, 1.54) is 16.9 Å². The van der Waals surface area contributed by atoms with Crippen molar-refractivity contribution in [3.63, 3.8) is 0 Å². The van der Waals surface area contributed by atoms with Crippen LogP contribution < -0.4 is 4.90 Å². The largest absolute Gasteiger partial charge is 0.377 e. The number of hydrogen-bond donors (Lipinski definition) is 0. The van der Waals surface area contributed by atoms with Crippen LogP contribution in [0.2, 0.25) is 0 Å². The van der Waals surface area contributed by atoms with E-state index in [4.69, 9.17) is 9.72 Å². The Bertz CT molecular complexity index is 1210. The molecule has 1 fully saturated rings. The smallest absolute Gasteiger partial charge is 0.186 e. The second-order valence-corrected chi connectivity index (χ2v) is 11.8. The van der Waals surface area contributed by atoms with Crippen LogP contribution in [0.1, 0.15) is 57.8 Å². The van der Waals surface area contributed by atoms with Gasteiger partial charge < -0.3 is 9.64 Å². The molecule has 3 heterocycles. The highest BCUT2D eigenvalue weighted by molar-refractivity contribution is 7.18. The number of ether oxygens (including phenoxy) is 1. The number of aromatic nitrogens is 1. The summed E-state index contributed by atoms with van der Waals surface area (Å²) >= 11 is 3.09. The summed E-state index contributed by atoms with van der Waals surface area (Å²) in [5.74, 6) is 0.328. The maximum absolute atomic E-state index is 12.7. The van der Waals surface area contributed by atoms with Gasteiger partial charge in [-0.05, 0) is 48.4 Å². The minimum atomic E-state index is -0.0235. The molecule has 1 aliphatic heterocycles. The van der Waals surface area contributed by atoms with E-state index in [-0.39, 0.29) is 23.0 Å². The fraction of sp³-hybridized carbons (Fsp3) is 0.423. The van der Waals surface area contributed by atoms with Crippen LogP contribution in [-0.4, -0.2) is 42.4 Å². The molecular formula is C26H28N2O3S2. The number of hydrogen-bond acceptors (Lipinski definition) is 7. The molecule has 7 heteroatoms. The van der Waals surface area contributed by atoms with Gasteiger partial charge in [0.05, 0.1) is 34.7 Å². The van der Waals surface area contributed by atoms with E-state index in [2.05, 4.69) is 43.0 Å². The Kier molecular flexibility index (Phi) is 5.97. The van der Waals surface area contributed by atoms with Crippen LogP contribution in [0.3, 0.4) is 0 Å². The first-order chi connectivity index (χ1) is 15.8. The lowest BCUT2D eigenvalue weighted by Gasteiger charge is -2.35. The molecule has 3 aromatic rings. The van der Waals surface area contributed by atoms with Crippen molar-refractivity contribution in [2.45, 2.75) is 46.1 Å². The first-order valence-electron chi connectivity index (χ1n) is 11.4. The van der Waals surface area contributed by atoms with Gasteiger partial charge in [0.25, 0.3) is 0 Å². The monoisotopic (exact) mass is 480 g/mol. The van der Waals surface area contributed by atoms with Crippen LogP contribution >= 0.6 is 22.7 Å². The summed E-state index contributed by atoms with van der Waals surface area (Å²) in [6.07, 6.45) is 2.28. The van der Waals surface area contributed by atoms with Gasteiger partial charge in [0.15, 0.2) is 16.7 Å². The predicted molar refractivity (Wildman–Crippen MR) is 134 cm³/mol. The van der Waals surface area contributed by atoms with Crippen LogP contribution in [0.4, 0.5) is 5.13 Å². The highest BCUT2D eigenvalue weighted by Crippen LogP contribution is 2.40. The van der Waals surface area contributed by atoms with E-state index in [0.717, 1.165) is 50.4 Å². The van der Waals surface area contributed by atoms with Gasteiger partial charge in [0.1, 0.15) is 0 Å². The fourth-order valence-corrected chi connectivity index (χ4v) is 6.73. The lowest BCUT2D eigenvalue weighted by Crippen LogP contribution is -2.46. The number of thiophene rings is 1. The molecule has 2 aromatic heterocycles. The molecule has 5 rings (SSSR count). The van der Waals surface area contributed by atoms with Crippen LogP contribution in [0.15, 0.2) is 36.4 Å². The summed E-state index contributed by atoms with van der Waals surface area (Å²) in [5.41, 5.74) is 3.29. The fourth-order valence-electron chi connectivity index (χ4n) is 4.71. The Morgan fingerprint density at radius 3 is 2.85 bits per heavy atom. The summed E-state index contributed by atoms with van der Waals surface area (Å²) in [6, 6.07) is 12.6. The van der Waals surface area contributed by atoms with E-state index >= 15 is 0 Å². The number of Topliss-reactive ketones (excluding diaryl/α,β-unsaturated/α-hetero) is 2. The number of nitrogens with zero attached hydrogens (tertiary/aromatic N) is 2. The minimum Gasteiger partial charge on any atom is -0.377 e. The molecule has 0 spiro atoms. The predicted octanol–water partition coefficient (Wildman–Crippen LogP) is 5.68. The molecule has 1 saturated heterocycles. The number of fused-ring (bicyclic) bond motifs is 1. The zero-order valence-electron chi connectivity index (χ0n) is 19.2. The van der Waals surface area contributed by atoms with E-state index in [0.29, 0.717) is 19.6 Å². The number of anilines is 1. The third-order valence-corrected chi connectivity index (χ3v) is 8.74. The van der Waals surface area contributed by atoms with E-state index in [1.807, 2.05) is 12.1 Å². The molecule has 5 nitrogen and oxygen atoms in total. The van der Waals surface area contributed by atoms with Crippen molar-refractivity contribution in [2.75, 3.05) is 24.7 Å². The molecule has 1 aromatic carbocycles. The standard InChI is InChI=1S/C26H28N2O3S2/c1-16(29)22-7-8-23(32-22)18-6-4-5-17(11-18)12-19-15-31-10-9-28(19)25-27-20-13-26(2,3)14-21(30)24(20)33-25/h4-8,11,19H,9-10,12-15H2,1-3H3/t19-/m0/s1. The van der Waals surface area contributed by atoms with E-state index in [9.17, 15) is 9.59 Å². The topological polar surface area (TPSA) is 59.5 Å². The Morgan fingerprint density at radius 2 is 2.06 bits per heavy atom. The van der Waals surface area contributed by atoms with Crippen molar-refractivity contribution < 1.29 is 14.3 Å². The third kappa shape index (κ3) is 4.67. The summed E-state index contributed by atoms with van der Waals surface area (Å²) < 4.78 is 5.84. The number of ketones is 2. The molecule has 0 unspecified atom stereocenters. The SMILES string of the molecule is CC(=O)c1ccc(-c2cccc(C[C@H]3COCCN3c3nc4c(s3)C(=O)CC(C)(C)C4)c2)s1. The van der Waals surface area contributed by atoms with Gasteiger partial charge in [0.2, 0.25) is 0 Å². The molecule has 0 N–H and O–H groups in total. The highest BCUT2D eigenvalue weighted by atomic mass is 32.1. The van der Waals surface area contributed by atoms with Gasteiger partial charge in [-0.3, -0.25) is 9.59 Å². The van der Waals surface area contributed by atoms with Gasteiger partial charge in [-0.15, -0.1) is 11.3 Å². The first kappa shape index (κ1) is 22.4. The van der Waals surface area contributed by atoms with Crippen LogP contribution in [0, 0.1) is 5.41 Å².